The van der Waals surface area contributed by atoms with Crippen LogP contribution in [0.15, 0.2) is 56.4 Å². The van der Waals surface area contributed by atoms with Gasteiger partial charge in [-0.25, -0.2) is 5.43 Å². The number of hydrazone groups is 1. The van der Waals surface area contributed by atoms with Crippen molar-refractivity contribution in [2.24, 2.45) is 5.10 Å². The van der Waals surface area contributed by atoms with Gasteiger partial charge in [0.15, 0.2) is 11.6 Å². The van der Waals surface area contributed by atoms with Crippen LogP contribution in [0.2, 0.25) is 0 Å². The van der Waals surface area contributed by atoms with Crippen molar-refractivity contribution in [2.45, 2.75) is 25.7 Å². The van der Waals surface area contributed by atoms with Crippen molar-refractivity contribution in [1.29, 1.82) is 0 Å². The van der Waals surface area contributed by atoms with Gasteiger partial charge in [0.1, 0.15) is 11.3 Å². The Labute approximate surface area is 151 Å². The van der Waals surface area contributed by atoms with E-state index in [4.69, 9.17) is 8.83 Å². The Balaban J connectivity index is 1.38. The standard InChI is InChI=1S/C20H21N3O3/c24-20(18-13-15-7-3-4-8-17(15)26-18)22-21-14-16-9-10-19(25-16)23-11-5-1-2-6-12-23/h3-4,7-10,13-14H,1-2,5-6,11-12H2,(H,22,24)/b21-14+. The minimum absolute atomic E-state index is 0.230. The van der Waals surface area contributed by atoms with E-state index in [1.807, 2.05) is 36.4 Å². The molecule has 0 spiro atoms. The summed E-state index contributed by atoms with van der Waals surface area (Å²) in [6.45, 7) is 2.04. The molecule has 4 rings (SSSR count). The fourth-order valence-corrected chi connectivity index (χ4v) is 3.18. The van der Waals surface area contributed by atoms with E-state index in [0.717, 1.165) is 24.4 Å². The number of rotatable bonds is 4. The second kappa shape index (κ2) is 7.47. The summed E-state index contributed by atoms with van der Waals surface area (Å²) in [4.78, 5) is 14.4. The van der Waals surface area contributed by atoms with E-state index in [0.29, 0.717) is 11.3 Å². The number of nitrogens with one attached hydrogen (secondary N) is 1. The van der Waals surface area contributed by atoms with Crippen molar-refractivity contribution in [3.8, 4) is 0 Å². The maximum Gasteiger partial charge on any atom is 0.307 e. The maximum absolute atomic E-state index is 12.1. The highest BCUT2D eigenvalue weighted by Crippen LogP contribution is 2.21. The summed E-state index contributed by atoms with van der Waals surface area (Å²) in [6, 6.07) is 13.0. The van der Waals surface area contributed by atoms with Gasteiger partial charge in [0.25, 0.3) is 0 Å². The number of carbonyl (C=O) groups excluding carboxylic acids is 1. The van der Waals surface area contributed by atoms with Crippen LogP contribution in [0.25, 0.3) is 11.0 Å². The van der Waals surface area contributed by atoms with Crippen LogP contribution >= 0.6 is 0 Å². The SMILES string of the molecule is O=C(N/N=C/c1ccc(N2CCCCCC2)o1)c1cc2ccccc2o1. The molecular weight excluding hydrogens is 330 g/mol. The zero-order valence-corrected chi connectivity index (χ0v) is 14.5. The molecule has 0 bridgehead atoms. The number of fused-ring (bicyclic) bond motifs is 1. The van der Waals surface area contributed by atoms with E-state index >= 15 is 0 Å². The normalized spacial score (nSPS) is 15.5. The molecule has 0 radical (unpaired) electrons. The smallest absolute Gasteiger partial charge is 0.307 e. The molecule has 1 saturated heterocycles. The van der Waals surface area contributed by atoms with Gasteiger partial charge < -0.3 is 13.7 Å². The predicted molar refractivity (Wildman–Crippen MR) is 101 cm³/mol. The van der Waals surface area contributed by atoms with Crippen LogP contribution in [0.1, 0.15) is 42.0 Å². The Morgan fingerprint density at radius 3 is 2.65 bits per heavy atom. The molecule has 0 saturated carbocycles. The van der Waals surface area contributed by atoms with Gasteiger partial charge in [-0.2, -0.15) is 5.10 Å². The molecule has 6 heteroatoms. The summed E-state index contributed by atoms with van der Waals surface area (Å²) >= 11 is 0. The third-order valence-corrected chi connectivity index (χ3v) is 4.54. The van der Waals surface area contributed by atoms with Crippen molar-refractivity contribution in [3.63, 3.8) is 0 Å². The number of para-hydroxylation sites is 1. The van der Waals surface area contributed by atoms with Crippen molar-refractivity contribution in [2.75, 3.05) is 18.0 Å². The first kappa shape index (κ1) is 16.4. The fourth-order valence-electron chi connectivity index (χ4n) is 3.18. The van der Waals surface area contributed by atoms with E-state index < -0.39 is 5.91 Å². The number of amides is 1. The fraction of sp³-hybridized carbons (Fsp3) is 0.300. The van der Waals surface area contributed by atoms with Gasteiger partial charge in [-0.15, -0.1) is 0 Å². The zero-order valence-electron chi connectivity index (χ0n) is 14.5. The minimum Gasteiger partial charge on any atom is -0.451 e. The predicted octanol–water partition coefficient (Wildman–Crippen LogP) is 4.17. The third-order valence-electron chi connectivity index (χ3n) is 4.54. The topological polar surface area (TPSA) is 71.0 Å². The average molecular weight is 351 g/mol. The summed E-state index contributed by atoms with van der Waals surface area (Å²) in [5.41, 5.74) is 3.15. The van der Waals surface area contributed by atoms with Gasteiger partial charge in [-0.1, -0.05) is 31.0 Å². The number of carbonyl (C=O) groups is 1. The molecule has 1 aromatic carbocycles. The number of hydrogen-bond donors (Lipinski definition) is 1. The van der Waals surface area contributed by atoms with Crippen LogP contribution in [-0.4, -0.2) is 25.2 Å². The van der Waals surface area contributed by atoms with E-state index in [-0.39, 0.29) is 5.76 Å². The molecule has 1 aliphatic rings. The van der Waals surface area contributed by atoms with Crippen LogP contribution < -0.4 is 10.3 Å². The van der Waals surface area contributed by atoms with E-state index in [2.05, 4.69) is 15.4 Å². The van der Waals surface area contributed by atoms with Crippen LogP contribution in [0.4, 0.5) is 5.88 Å². The molecule has 6 nitrogen and oxygen atoms in total. The first-order valence-electron chi connectivity index (χ1n) is 8.96. The quantitative estimate of drug-likeness (QED) is 0.566. The number of nitrogens with zero attached hydrogens (tertiary/aromatic N) is 2. The van der Waals surface area contributed by atoms with Gasteiger partial charge >= 0.3 is 5.91 Å². The van der Waals surface area contributed by atoms with Crippen molar-refractivity contribution < 1.29 is 13.6 Å². The zero-order chi connectivity index (χ0) is 17.8. The van der Waals surface area contributed by atoms with E-state index in [9.17, 15) is 4.79 Å². The molecule has 0 atom stereocenters. The first-order chi connectivity index (χ1) is 12.8. The molecule has 1 N–H and O–H groups in total. The molecule has 1 aliphatic heterocycles. The summed E-state index contributed by atoms with van der Waals surface area (Å²) in [5.74, 6) is 1.30. The number of hydrogen-bond acceptors (Lipinski definition) is 5. The summed E-state index contributed by atoms with van der Waals surface area (Å²) in [6.07, 6.45) is 6.44. The van der Waals surface area contributed by atoms with Gasteiger partial charge in [-0.05, 0) is 31.0 Å². The van der Waals surface area contributed by atoms with E-state index in [1.54, 1.807) is 6.07 Å². The second-order valence-electron chi connectivity index (χ2n) is 6.42. The lowest BCUT2D eigenvalue weighted by atomic mass is 10.2. The van der Waals surface area contributed by atoms with Crippen molar-refractivity contribution >= 4 is 29.0 Å². The maximum atomic E-state index is 12.1. The molecule has 3 heterocycles. The Kier molecular flexibility index (Phi) is 4.73. The van der Waals surface area contributed by atoms with Crippen molar-refractivity contribution in [3.05, 3.63) is 54.0 Å². The summed E-state index contributed by atoms with van der Waals surface area (Å²) in [5, 5.41) is 4.85. The molecule has 2 aromatic heterocycles. The van der Waals surface area contributed by atoms with E-state index in [1.165, 1.54) is 31.9 Å². The van der Waals surface area contributed by atoms with Gasteiger partial charge in [0.05, 0.1) is 6.21 Å². The van der Waals surface area contributed by atoms with Crippen LogP contribution in [0.5, 0.6) is 0 Å². The lowest BCUT2D eigenvalue weighted by Gasteiger charge is -2.18. The second-order valence-corrected chi connectivity index (χ2v) is 6.42. The molecule has 0 unspecified atom stereocenters. The highest BCUT2D eigenvalue weighted by molar-refractivity contribution is 5.96. The molecular formula is C20H21N3O3. The molecule has 3 aromatic rings. The number of benzene rings is 1. The molecule has 1 fully saturated rings. The van der Waals surface area contributed by atoms with Crippen LogP contribution in [0, 0.1) is 0 Å². The average Bonchev–Trinajstić information content (AvgIpc) is 3.21. The lowest BCUT2D eigenvalue weighted by molar-refractivity contribution is 0.0929. The molecule has 134 valence electrons. The Bertz CT molecular complexity index is 884. The largest absolute Gasteiger partial charge is 0.451 e. The number of furan rings is 2. The molecule has 1 amide bonds. The lowest BCUT2D eigenvalue weighted by Crippen LogP contribution is -2.23. The molecule has 26 heavy (non-hydrogen) atoms. The Morgan fingerprint density at radius 1 is 1.04 bits per heavy atom. The minimum atomic E-state index is -0.392. The summed E-state index contributed by atoms with van der Waals surface area (Å²) in [7, 11) is 0. The molecule has 0 aliphatic carbocycles. The first-order valence-corrected chi connectivity index (χ1v) is 8.96. The van der Waals surface area contributed by atoms with Gasteiger partial charge in [0.2, 0.25) is 0 Å². The highest BCUT2D eigenvalue weighted by Gasteiger charge is 2.13. The van der Waals surface area contributed by atoms with Gasteiger partial charge in [0, 0.05) is 24.5 Å². The van der Waals surface area contributed by atoms with Crippen molar-refractivity contribution in [1.82, 2.24) is 5.43 Å². The van der Waals surface area contributed by atoms with Gasteiger partial charge in [-0.3, -0.25) is 4.79 Å². The van der Waals surface area contributed by atoms with Crippen LogP contribution in [-0.2, 0) is 0 Å². The Morgan fingerprint density at radius 2 is 1.85 bits per heavy atom. The monoisotopic (exact) mass is 351 g/mol. The third kappa shape index (κ3) is 3.64. The van der Waals surface area contributed by atoms with Crippen LogP contribution in [0.3, 0.4) is 0 Å². The highest BCUT2D eigenvalue weighted by atomic mass is 16.4. The Hall–Kier alpha value is -3.02. The summed E-state index contributed by atoms with van der Waals surface area (Å²) < 4.78 is 11.3. The number of anilines is 1.